The van der Waals surface area contributed by atoms with Crippen LogP contribution in [-0.4, -0.2) is 29.5 Å². The van der Waals surface area contributed by atoms with Gasteiger partial charge >= 0.3 is 0 Å². The van der Waals surface area contributed by atoms with Crippen molar-refractivity contribution in [2.75, 3.05) is 23.7 Å². The molecular weight excluding hydrogens is 272 g/mol. The van der Waals surface area contributed by atoms with Gasteiger partial charge in [-0.05, 0) is 32.6 Å². The molecule has 2 fully saturated rings. The first-order chi connectivity index (χ1) is 9.57. The van der Waals surface area contributed by atoms with E-state index >= 15 is 0 Å². The van der Waals surface area contributed by atoms with E-state index in [1.165, 1.54) is 37.0 Å². The second kappa shape index (κ2) is 5.24. The average molecular weight is 294 g/mol. The number of nitrogens with one attached hydrogen (secondary N) is 1. The first kappa shape index (κ1) is 13.7. The van der Waals surface area contributed by atoms with Crippen molar-refractivity contribution in [2.45, 2.75) is 51.0 Å². The van der Waals surface area contributed by atoms with Crippen LogP contribution in [-0.2, 0) is 0 Å². The van der Waals surface area contributed by atoms with Crippen molar-refractivity contribution in [3.05, 3.63) is 4.88 Å². The molecule has 0 aromatic carbocycles. The van der Waals surface area contributed by atoms with E-state index in [2.05, 4.69) is 22.1 Å². The lowest BCUT2D eigenvalue weighted by Gasteiger charge is -2.18. The van der Waals surface area contributed by atoms with Crippen molar-refractivity contribution in [3.63, 3.8) is 0 Å². The highest BCUT2D eigenvalue weighted by atomic mass is 32.1. The molecule has 6 heteroatoms. The van der Waals surface area contributed by atoms with Crippen molar-refractivity contribution in [2.24, 2.45) is 0 Å². The van der Waals surface area contributed by atoms with Gasteiger partial charge in [0.15, 0.2) is 5.13 Å². The van der Waals surface area contributed by atoms with Crippen LogP contribution < -0.4 is 16.0 Å². The Labute approximate surface area is 123 Å². The van der Waals surface area contributed by atoms with Gasteiger partial charge in [-0.25, -0.2) is 4.98 Å². The summed E-state index contributed by atoms with van der Waals surface area (Å²) in [5.41, 5.74) is 5.92. The van der Waals surface area contributed by atoms with Gasteiger partial charge < -0.3 is 16.0 Å². The molecule has 110 valence electrons. The Morgan fingerprint density at radius 2 is 1.95 bits per heavy atom. The first-order valence-corrected chi connectivity index (χ1v) is 8.23. The number of hydrogen-bond donors (Lipinski definition) is 2. The molecule has 5 nitrogen and oxygen atoms in total. The van der Waals surface area contributed by atoms with Gasteiger partial charge in [0.05, 0.1) is 0 Å². The topological polar surface area (TPSA) is 71.2 Å². The molecule has 0 bridgehead atoms. The number of amides is 1. The predicted molar refractivity (Wildman–Crippen MR) is 82.3 cm³/mol. The Morgan fingerprint density at radius 1 is 1.30 bits per heavy atom. The molecule has 1 aromatic heterocycles. The molecule has 0 unspecified atom stereocenters. The quantitative estimate of drug-likeness (QED) is 0.898. The Bertz CT molecular complexity index is 501. The normalized spacial score (nSPS) is 21.4. The van der Waals surface area contributed by atoms with Gasteiger partial charge in [0.2, 0.25) is 0 Å². The van der Waals surface area contributed by atoms with Crippen LogP contribution in [0.4, 0.5) is 10.9 Å². The summed E-state index contributed by atoms with van der Waals surface area (Å²) < 4.78 is 0. The van der Waals surface area contributed by atoms with E-state index in [0.717, 1.165) is 31.1 Å². The number of anilines is 2. The summed E-state index contributed by atoms with van der Waals surface area (Å²) in [6, 6.07) is 0. The summed E-state index contributed by atoms with van der Waals surface area (Å²) in [6.07, 6.45) is 7.05. The van der Waals surface area contributed by atoms with Crippen molar-refractivity contribution in [1.29, 1.82) is 0 Å². The van der Waals surface area contributed by atoms with E-state index in [4.69, 9.17) is 5.73 Å². The van der Waals surface area contributed by atoms with Gasteiger partial charge in [-0.3, -0.25) is 4.79 Å². The lowest BCUT2D eigenvalue weighted by Crippen LogP contribution is -2.34. The van der Waals surface area contributed by atoms with E-state index < -0.39 is 0 Å². The fraction of sp³-hybridized carbons (Fsp3) is 0.714. The van der Waals surface area contributed by atoms with Gasteiger partial charge in [-0.15, -0.1) is 0 Å². The fourth-order valence-corrected chi connectivity index (χ4v) is 3.46. The highest BCUT2D eigenvalue weighted by Crippen LogP contribution is 2.36. The summed E-state index contributed by atoms with van der Waals surface area (Å²) in [6.45, 7) is 4.11. The summed E-state index contributed by atoms with van der Waals surface area (Å²) in [5.74, 6) is 0.303. The molecule has 1 amide bonds. The molecule has 0 atom stereocenters. The third kappa shape index (κ3) is 2.90. The summed E-state index contributed by atoms with van der Waals surface area (Å²) in [7, 11) is 0. The van der Waals surface area contributed by atoms with Gasteiger partial charge in [-0.1, -0.05) is 24.2 Å². The van der Waals surface area contributed by atoms with Crippen molar-refractivity contribution in [1.82, 2.24) is 10.3 Å². The number of carbonyl (C=O) groups is 1. The third-order valence-corrected chi connectivity index (χ3v) is 5.27. The molecule has 3 rings (SSSR count). The number of nitrogens with two attached hydrogens (primary N) is 1. The zero-order valence-electron chi connectivity index (χ0n) is 11.9. The largest absolute Gasteiger partial charge is 0.382 e. The van der Waals surface area contributed by atoms with E-state index in [0.29, 0.717) is 10.7 Å². The van der Waals surface area contributed by atoms with E-state index in [-0.39, 0.29) is 11.4 Å². The lowest BCUT2D eigenvalue weighted by atomic mass is 10.2. The minimum absolute atomic E-state index is 0.0176. The SMILES string of the molecule is CC1(NC(=O)c2sc(N3CCCCCC3)nc2N)CC1. The molecule has 2 heterocycles. The van der Waals surface area contributed by atoms with E-state index in [9.17, 15) is 4.79 Å². The average Bonchev–Trinajstić information content (AvgIpc) is 3.09. The zero-order chi connectivity index (χ0) is 14.2. The van der Waals surface area contributed by atoms with Crippen LogP contribution in [0.15, 0.2) is 0 Å². The van der Waals surface area contributed by atoms with Gasteiger partial charge in [-0.2, -0.15) is 0 Å². The second-order valence-electron chi connectivity index (χ2n) is 6.13. The van der Waals surface area contributed by atoms with Crippen LogP contribution in [0.1, 0.15) is 55.1 Å². The standard InChI is InChI=1S/C14H22N4OS/c1-14(6-7-14)17-12(19)10-11(15)16-13(20-10)18-8-4-2-3-5-9-18/h2-9,15H2,1H3,(H,17,19). The number of carbonyl (C=O) groups excluding carboxylic acids is 1. The lowest BCUT2D eigenvalue weighted by molar-refractivity contribution is 0.0940. The molecule has 3 N–H and O–H groups in total. The van der Waals surface area contributed by atoms with Crippen LogP contribution in [0.3, 0.4) is 0 Å². The highest BCUT2D eigenvalue weighted by Gasteiger charge is 2.39. The maximum absolute atomic E-state index is 12.2. The maximum atomic E-state index is 12.2. The van der Waals surface area contributed by atoms with Crippen molar-refractivity contribution in [3.8, 4) is 0 Å². The Kier molecular flexibility index (Phi) is 3.58. The van der Waals surface area contributed by atoms with E-state index in [1.807, 2.05) is 0 Å². The molecule has 1 aliphatic heterocycles. The predicted octanol–water partition coefficient (Wildman–Crippen LogP) is 2.39. The summed E-state index contributed by atoms with van der Waals surface area (Å²) in [4.78, 5) is 19.5. The number of thiazole rings is 1. The fourth-order valence-electron chi connectivity index (χ4n) is 2.52. The van der Waals surface area contributed by atoms with Crippen LogP contribution >= 0.6 is 11.3 Å². The van der Waals surface area contributed by atoms with Gasteiger partial charge in [0, 0.05) is 18.6 Å². The Hall–Kier alpha value is -1.30. The molecule has 2 aliphatic rings. The van der Waals surface area contributed by atoms with Gasteiger partial charge in [0.25, 0.3) is 5.91 Å². The highest BCUT2D eigenvalue weighted by molar-refractivity contribution is 7.18. The smallest absolute Gasteiger partial charge is 0.265 e. The zero-order valence-corrected chi connectivity index (χ0v) is 12.8. The minimum atomic E-state index is -0.0685. The number of rotatable bonds is 3. The van der Waals surface area contributed by atoms with Crippen LogP contribution in [0, 0.1) is 0 Å². The number of nitrogens with zero attached hydrogens (tertiary/aromatic N) is 2. The number of nitrogen functional groups attached to an aromatic ring is 1. The molecule has 1 saturated carbocycles. The second-order valence-corrected chi connectivity index (χ2v) is 7.10. The number of aromatic nitrogens is 1. The molecule has 0 radical (unpaired) electrons. The van der Waals surface area contributed by atoms with Gasteiger partial charge in [0.1, 0.15) is 10.7 Å². The molecule has 1 aliphatic carbocycles. The molecule has 1 saturated heterocycles. The summed E-state index contributed by atoms with van der Waals surface area (Å²) in [5, 5.41) is 3.95. The third-order valence-electron chi connectivity index (χ3n) is 4.14. The van der Waals surface area contributed by atoms with E-state index in [1.54, 1.807) is 0 Å². The molecule has 1 aromatic rings. The van der Waals surface area contributed by atoms with Crippen molar-refractivity contribution < 1.29 is 4.79 Å². The monoisotopic (exact) mass is 294 g/mol. The van der Waals surface area contributed by atoms with Crippen LogP contribution in [0.2, 0.25) is 0 Å². The number of hydrogen-bond acceptors (Lipinski definition) is 5. The first-order valence-electron chi connectivity index (χ1n) is 7.41. The maximum Gasteiger partial charge on any atom is 0.265 e. The Balaban J connectivity index is 1.74. The molecule has 20 heavy (non-hydrogen) atoms. The van der Waals surface area contributed by atoms with Crippen molar-refractivity contribution >= 4 is 28.2 Å². The molecule has 0 spiro atoms. The summed E-state index contributed by atoms with van der Waals surface area (Å²) >= 11 is 1.43. The van der Waals surface area contributed by atoms with Crippen LogP contribution in [0.25, 0.3) is 0 Å². The molecular formula is C14H22N4OS. The van der Waals surface area contributed by atoms with Crippen LogP contribution in [0.5, 0.6) is 0 Å². The Morgan fingerprint density at radius 3 is 2.55 bits per heavy atom. The minimum Gasteiger partial charge on any atom is -0.382 e.